The summed E-state index contributed by atoms with van der Waals surface area (Å²) >= 11 is 0. The highest BCUT2D eigenvalue weighted by Gasteiger charge is 2.41. The quantitative estimate of drug-likeness (QED) is 0.503. The van der Waals surface area contributed by atoms with E-state index in [1.165, 1.54) is 21.4 Å². The van der Waals surface area contributed by atoms with E-state index >= 15 is 0 Å². The SMILES string of the molecule is Cn1cnc(S(=O)(=O)N2C[C@H](Nc3cc(OCC(F)(F)F)c(F)cn3)[C@@H](c3ccccc3)C2)c1. The number of aromatic nitrogens is 3. The molecule has 2 atom stereocenters. The van der Waals surface area contributed by atoms with Gasteiger partial charge in [-0.05, 0) is 5.56 Å². The van der Waals surface area contributed by atoms with E-state index in [4.69, 9.17) is 0 Å². The van der Waals surface area contributed by atoms with Crippen LogP contribution in [0, 0.1) is 5.82 Å². The number of halogens is 4. The zero-order valence-electron chi connectivity index (χ0n) is 17.9. The van der Waals surface area contributed by atoms with Gasteiger partial charge in [-0.1, -0.05) is 30.3 Å². The van der Waals surface area contributed by atoms with E-state index in [0.717, 1.165) is 17.8 Å². The molecule has 0 saturated carbocycles. The fraction of sp³-hybridized carbons (Fsp3) is 0.333. The highest BCUT2D eigenvalue weighted by atomic mass is 32.2. The van der Waals surface area contributed by atoms with Crippen LogP contribution in [0.15, 0.2) is 60.1 Å². The maximum Gasteiger partial charge on any atom is 0.422 e. The number of alkyl halides is 3. The van der Waals surface area contributed by atoms with Gasteiger partial charge in [0.05, 0.1) is 12.5 Å². The van der Waals surface area contributed by atoms with Crippen LogP contribution in [0.1, 0.15) is 11.5 Å². The van der Waals surface area contributed by atoms with Crippen LogP contribution in [0.3, 0.4) is 0 Å². The van der Waals surface area contributed by atoms with Crippen LogP contribution in [0.5, 0.6) is 5.75 Å². The number of nitrogens with zero attached hydrogens (tertiary/aromatic N) is 4. The Bertz CT molecular complexity index is 1250. The predicted octanol–water partition coefficient (Wildman–Crippen LogP) is 3.16. The Morgan fingerprint density at radius 1 is 1.18 bits per heavy atom. The average molecular weight is 499 g/mol. The Hall–Kier alpha value is -3.19. The molecule has 2 aromatic heterocycles. The molecule has 0 aliphatic carbocycles. The molecule has 1 aliphatic rings. The molecule has 1 aliphatic heterocycles. The number of rotatable bonds is 7. The second-order valence-corrected chi connectivity index (χ2v) is 9.76. The van der Waals surface area contributed by atoms with Crippen LogP contribution >= 0.6 is 0 Å². The summed E-state index contributed by atoms with van der Waals surface area (Å²) in [5.74, 6) is -1.91. The number of benzene rings is 1. The van der Waals surface area contributed by atoms with Gasteiger partial charge in [0.1, 0.15) is 5.82 Å². The molecule has 4 rings (SSSR count). The van der Waals surface area contributed by atoms with Crippen LogP contribution in [-0.2, 0) is 17.1 Å². The number of nitrogens with one attached hydrogen (secondary N) is 1. The third-order valence-corrected chi connectivity index (χ3v) is 7.06. The minimum atomic E-state index is -4.63. The number of hydrogen-bond acceptors (Lipinski definition) is 6. The number of sulfonamides is 1. The van der Waals surface area contributed by atoms with Gasteiger partial charge in [0.25, 0.3) is 10.0 Å². The molecule has 1 saturated heterocycles. The van der Waals surface area contributed by atoms with Crippen molar-refractivity contribution >= 4 is 15.8 Å². The van der Waals surface area contributed by atoms with Gasteiger partial charge in [0, 0.05) is 44.4 Å². The smallest absolute Gasteiger partial charge is 0.422 e. The van der Waals surface area contributed by atoms with E-state index in [-0.39, 0.29) is 29.9 Å². The molecule has 0 amide bonds. The largest absolute Gasteiger partial charge is 0.481 e. The first-order chi connectivity index (χ1) is 16.0. The lowest BCUT2D eigenvalue weighted by Crippen LogP contribution is -2.32. The van der Waals surface area contributed by atoms with Gasteiger partial charge < -0.3 is 14.6 Å². The molecule has 1 N–H and O–H groups in total. The van der Waals surface area contributed by atoms with Crippen LogP contribution in [0.2, 0.25) is 0 Å². The fourth-order valence-corrected chi connectivity index (χ4v) is 5.22. The molecule has 0 radical (unpaired) electrons. The molecule has 0 unspecified atom stereocenters. The molecule has 3 heterocycles. The Labute approximate surface area is 193 Å². The zero-order valence-corrected chi connectivity index (χ0v) is 18.7. The van der Waals surface area contributed by atoms with Gasteiger partial charge in [0.2, 0.25) is 0 Å². The summed E-state index contributed by atoms with van der Waals surface area (Å²) < 4.78 is 85.0. The summed E-state index contributed by atoms with van der Waals surface area (Å²) in [5.41, 5.74) is 0.856. The summed E-state index contributed by atoms with van der Waals surface area (Å²) in [6.45, 7) is -1.48. The third kappa shape index (κ3) is 5.30. The van der Waals surface area contributed by atoms with Crippen molar-refractivity contribution in [2.24, 2.45) is 7.05 Å². The minimum Gasteiger partial charge on any atom is -0.481 e. The number of hydrogen-bond donors (Lipinski definition) is 1. The maximum absolute atomic E-state index is 13.9. The van der Waals surface area contributed by atoms with E-state index < -0.39 is 40.4 Å². The number of ether oxygens (including phenoxy) is 1. The van der Waals surface area contributed by atoms with Gasteiger partial charge in [0.15, 0.2) is 23.2 Å². The van der Waals surface area contributed by atoms with E-state index in [1.54, 1.807) is 7.05 Å². The topological polar surface area (TPSA) is 89.4 Å². The lowest BCUT2D eigenvalue weighted by molar-refractivity contribution is -0.153. The molecule has 0 spiro atoms. The van der Waals surface area contributed by atoms with Crippen LogP contribution < -0.4 is 10.1 Å². The molecule has 0 bridgehead atoms. The van der Waals surface area contributed by atoms with Crippen LogP contribution in [-0.4, -0.2) is 59.2 Å². The number of imidazole rings is 1. The van der Waals surface area contributed by atoms with Crippen molar-refractivity contribution in [3.05, 3.63) is 66.5 Å². The van der Waals surface area contributed by atoms with Crippen molar-refractivity contribution in [1.82, 2.24) is 18.8 Å². The van der Waals surface area contributed by atoms with Gasteiger partial charge in [-0.3, -0.25) is 0 Å². The van der Waals surface area contributed by atoms with E-state index in [0.29, 0.717) is 0 Å². The Morgan fingerprint density at radius 3 is 2.56 bits per heavy atom. The van der Waals surface area contributed by atoms with Crippen LogP contribution in [0.4, 0.5) is 23.4 Å². The average Bonchev–Trinajstić information content (AvgIpc) is 3.41. The minimum absolute atomic E-state index is 0.0380. The van der Waals surface area contributed by atoms with Gasteiger partial charge in [-0.15, -0.1) is 0 Å². The Kier molecular flexibility index (Phi) is 6.49. The van der Waals surface area contributed by atoms with Crippen molar-refractivity contribution in [2.45, 2.75) is 23.2 Å². The first kappa shape index (κ1) is 24.0. The van der Waals surface area contributed by atoms with E-state index in [2.05, 4.69) is 20.0 Å². The monoisotopic (exact) mass is 499 g/mol. The highest BCUT2D eigenvalue weighted by molar-refractivity contribution is 7.89. The van der Waals surface area contributed by atoms with E-state index in [1.807, 2.05) is 30.3 Å². The summed E-state index contributed by atoms with van der Waals surface area (Å²) in [6.07, 6.45) is -1.09. The van der Waals surface area contributed by atoms with Crippen molar-refractivity contribution in [1.29, 1.82) is 0 Å². The molecule has 1 fully saturated rings. The Morgan fingerprint density at radius 2 is 1.91 bits per heavy atom. The standard InChI is InChI=1S/C21H21F4N5O3S/c1-29-11-20(27-13-29)34(31,32)30-9-15(14-5-3-2-4-6-14)17(10-30)28-19-7-18(16(22)8-26-19)33-12-21(23,24)25/h2-8,11,13,15,17H,9-10,12H2,1H3,(H,26,28)/t15-,17+/m1/s1. The van der Waals surface area contributed by atoms with Gasteiger partial charge >= 0.3 is 6.18 Å². The first-order valence-corrected chi connectivity index (χ1v) is 11.6. The third-order valence-electron chi connectivity index (χ3n) is 5.34. The fourth-order valence-electron chi connectivity index (χ4n) is 3.76. The molecular weight excluding hydrogens is 478 g/mol. The number of anilines is 1. The lowest BCUT2D eigenvalue weighted by atomic mass is 9.94. The number of aryl methyl sites for hydroxylation is 1. The molecule has 3 aromatic rings. The van der Waals surface area contributed by atoms with Gasteiger partial charge in [-0.25, -0.2) is 22.8 Å². The Balaban J connectivity index is 1.60. The summed E-state index contributed by atoms with van der Waals surface area (Å²) in [4.78, 5) is 7.84. The normalized spacial score (nSPS) is 19.3. The second kappa shape index (κ2) is 9.22. The maximum atomic E-state index is 13.9. The highest BCUT2D eigenvalue weighted by Crippen LogP contribution is 2.33. The summed E-state index contributed by atoms with van der Waals surface area (Å²) in [5, 5.41) is 2.95. The van der Waals surface area contributed by atoms with Crippen molar-refractivity contribution < 1.29 is 30.7 Å². The molecule has 8 nitrogen and oxygen atoms in total. The summed E-state index contributed by atoms with van der Waals surface area (Å²) in [7, 11) is -2.23. The van der Waals surface area contributed by atoms with Crippen LogP contribution in [0.25, 0.3) is 0 Å². The van der Waals surface area contributed by atoms with E-state index in [9.17, 15) is 26.0 Å². The molecule has 34 heavy (non-hydrogen) atoms. The van der Waals surface area contributed by atoms with Crippen molar-refractivity contribution in [3.63, 3.8) is 0 Å². The summed E-state index contributed by atoms with van der Waals surface area (Å²) in [6, 6.07) is 9.70. The molecule has 13 heteroatoms. The molecular formula is C21H21F4N5O3S. The molecule has 1 aromatic carbocycles. The predicted molar refractivity (Wildman–Crippen MR) is 114 cm³/mol. The molecule has 182 valence electrons. The van der Waals surface area contributed by atoms with Crippen molar-refractivity contribution in [3.8, 4) is 5.75 Å². The second-order valence-electron chi connectivity index (χ2n) is 7.87. The first-order valence-electron chi connectivity index (χ1n) is 10.2. The number of pyridine rings is 1. The van der Waals surface area contributed by atoms with Crippen molar-refractivity contribution in [2.75, 3.05) is 25.0 Å². The zero-order chi connectivity index (χ0) is 24.5. The lowest BCUT2D eigenvalue weighted by Gasteiger charge is -2.21. The van der Waals surface area contributed by atoms with Gasteiger partial charge in [-0.2, -0.15) is 17.5 Å².